The van der Waals surface area contributed by atoms with E-state index in [0.717, 1.165) is 25.3 Å². The minimum atomic E-state index is -0.102. The van der Waals surface area contributed by atoms with Crippen LogP contribution in [0.4, 0.5) is 0 Å². The molecule has 1 aromatic rings. The fourth-order valence-electron chi connectivity index (χ4n) is 3.28. The minimum absolute atomic E-state index is 0. The SMILES string of the molecule is CN=C(NCC(=O)NCc1ccco1)NCC1(CCOC)CCCC1.I. The molecule has 0 radical (unpaired) electrons. The van der Waals surface area contributed by atoms with Crippen molar-refractivity contribution < 1.29 is 13.9 Å². The predicted molar refractivity (Wildman–Crippen MR) is 113 cm³/mol. The molecule has 1 heterocycles. The molecule has 0 aliphatic heterocycles. The molecule has 1 aliphatic carbocycles. The number of aliphatic imine (C=N–C) groups is 1. The van der Waals surface area contributed by atoms with Gasteiger partial charge in [-0.05, 0) is 36.8 Å². The Labute approximate surface area is 172 Å². The van der Waals surface area contributed by atoms with Gasteiger partial charge < -0.3 is 25.1 Å². The largest absolute Gasteiger partial charge is 0.467 e. The van der Waals surface area contributed by atoms with Crippen LogP contribution in [0.2, 0.25) is 0 Å². The monoisotopic (exact) mass is 478 g/mol. The summed E-state index contributed by atoms with van der Waals surface area (Å²) in [7, 11) is 3.46. The van der Waals surface area contributed by atoms with E-state index in [9.17, 15) is 4.79 Å². The number of methoxy groups -OCH3 is 1. The summed E-state index contributed by atoms with van der Waals surface area (Å²) in [6, 6.07) is 3.63. The van der Waals surface area contributed by atoms with Crippen LogP contribution in [0.1, 0.15) is 37.9 Å². The van der Waals surface area contributed by atoms with Crippen molar-refractivity contribution in [3.8, 4) is 0 Å². The summed E-state index contributed by atoms with van der Waals surface area (Å²) < 4.78 is 10.5. The molecule has 0 bridgehead atoms. The topological polar surface area (TPSA) is 87.9 Å². The Morgan fingerprint density at radius 2 is 2.08 bits per heavy atom. The number of nitrogens with one attached hydrogen (secondary N) is 3. The lowest BCUT2D eigenvalue weighted by molar-refractivity contribution is -0.120. The standard InChI is InChI=1S/C18H30N4O3.HI/c1-19-17(21-13-16(23)20-12-15-6-5-10-25-15)22-14-18(9-11-24-2)7-3-4-8-18;/h5-6,10H,3-4,7-9,11-14H2,1-2H3,(H,20,23)(H2,19,21,22);1H. The lowest BCUT2D eigenvalue weighted by atomic mass is 9.83. The van der Waals surface area contributed by atoms with Crippen LogP contribution in [0, 0.1) is 5.41 Å². The van der Waals surface area contributed by atoms with Gasteiger partial charge in [-0.2, -0.15) is 0 Å². The molecule has 148 valence electrons. The Hall–Kier alpha value is -1.29. The van der Waals surface area contributed by atoms with Gasteiger partial charge >= 0.3 is 0 Å². The van der Waals surface area contributed by atoms with Crippen LogP contribution in [0.3, 0.4) is 0 Å². The number of furan rings is 1. The first kappa shape index (κ1) is 22.8. The maximum Gasteiger partial charge on any atom is 0.239 e. The van der Waals surface area contributed by atoms with Crippen molar-refractivity contribution in [2.75, 3.05) is 33.9 Å². The van der Waals surface area contributed by atoms with Crippen LogP contribution in [0.5, 0.6) is 0 Å². The molecule has 26 heavy (non-hydrogen) atoms. The second kappa shape index (κ2) is 12.2. The molecule has 0 unspecified atom stereocenters. The molecule has 1 fully saturated rings. The third-order valence-electron chi connectivity index (χ3n) is 4.81. The van der Waals surface area contributed by atoms with Gasteiger partial charge in [0.15, 0.2) is 5.96 Å². The minimum Gasteiger partial charge on any atom is -0.467 e. The van der Waals surface area contributed by atoms with Crippen molar-refractivity contribution in [2.45, 2.75) is 38.6 Å². The smallest absolute Gasteiger partial charge is 0.239 e. The van der Waals surface area contributed by atoms with Gasteiger partial charge in [-0.25, -0.2) is 0 Å². The molecule has 0 saturated heterocycles. The summed E-state index contributed by atoms with van der Waals surface area (Å²) in [5.74, 6) is 1.28. The van der Waals surface area contributed by atoms with Crippen molar-refractivity contribution in [3.63, 3.8) is 0 Å². The average molecular weight is 478 g/mol. The van der Waals surface area contributed by atoms with E-state index in [0.29, 0.717) is 12.5 Å². The Bertz CT molecular complexity index is 543. The third-order valence-corrected chi connectivity index (χ3v) is 4.81. The molecule has 8 heteroatoms. The Morgan fingerprint density at radius 3 is 2.69 bits per heavy atom. The summed E-state index contributed by atoms with van der Waals surface area (Å²) >= 11 is 0. The van der Waals surface area contributed by atoms with E-state index in [1.54, 1.807) is 26.5 Å². The molecule has 0 atom stereocenters. The molecular weight excluding hydrogens is 447 g/mol. The number of carbonyl (C=O) groups excluding carboxylic acids is 1. The van der Waals surface area contributed by atoms with Crippen molar-refractivity contribution in [1.82, 2.24) is 16.0 Å². The number of rotatable bonds is 9. The van der Waals surface area contributed by atoms with Crippen molar-refractivity contribution in [1.29, 1.82) is 0 Å². The molecule has 0 aromatic carbocycles. The normalized spacial score (nSPS) is 16.0. The van der Waals surface area contributed by atoms with Gasteiger partial charge in [-0.15, -0.1) is 24.0 Å². The summed E-state index contributed by atoms with van der Waals surface area (Å²) in [6.07, 6.45) is 7.61. The average Bonchev–Trinajstić information content (AvgIpc) is 3.31. The first-order valence-electron chi connectivity index (χ1n) is 8.90. The van der Waals surface area contributed by atoms with Crippen molar-refractivity contribution >= 4 is 35.8 Å². The van der Waals surface area contributed by atoms with E-state index in [4.69, 9.17) is 9.15 Å². The summed E-state index contributed by atoms with van der Waals surface area (Å²) in [5, 5.41) is 9.24. The molecule has 1 aliphatic rings. The van der Waals surface area contributed by atoms with Gasteiger partial charge in [0, 0.05) is 27.3 Å². The van der Waals surface area contributed by atoms with Gasteiger partial charge in [-0.3, -0.25) is 9.79 Å². The highest BCUT2D eigenvalue weighted by Gasteiger charge is 2.33. The first-order chi connectivity index (χ1) is 12.2. The maximum absolute atomic E-state index is 11.9. The zero-order valence-electron chi connectivity index (χ0n) is 15.7. The van der Waals surface area contributed by atoms with E-state index >= 15 is 0 Å². The highest BCUT2D eigenvalue weighted by molar-refractivity contribution is 14.0. The second-order valence-corrected chi connectivity index (χ2v) is 6.59. The molecule has 0 spiro atoms. The number of hydrogen-bond acceptors (Lipinski definition) is 4. The first-order valence-corrected chi connectivity index (χ1v) is 8.90. The van der Waals surface area contributed by atoms with Gasteiger partial charge in [-0.1, -0.05) is 12.8 Å². The Kier molecular flexibility index (Phi) is 10.6. The van der Waals surface area contributed by atoms with Crippen molar-refractivity contribution in [3.05, 3.63) is 24.2 Å². The number of carbonyl (C=O) groups is 1. The fraction of sp³-hybridized carbons (Fsp3) is 0.667. The van der Waals surface area contributed by atoms with Crippen LogP contribution >= 0.6 is 24.0 Å². The van der Waals surface area contributed by atoms with E-state index in [2.05, 4.69) is 20.9 Å². The number of guanidine groups is 1. The van der Waals surface area contributed by atoms with Crippen molar-refractivity contribution in [2.24, 2.45) is 10.4 Å². The second-order valence-electron chi connectivity index (χ2n) is 6.59. The van der Waals surface area contributed by atoms with Crippen LogP contribution in [-0.2, 0) is 16.1 Å². The van der Waals surface area contributed by atoms with Gasteiger partial charge in [0.05, 0.1) is 19.4 Å². The number of halogens is 1. The van der Waals surface area contributed by atoms with E-state index in [1.165, 1.54) is 25.7 Å². The summed E-state index contributed by atoms with van der Waals surface area (Å²) in [5.41, 5.74) is 0.273. The lowest BCUT2D eigenvalue weighted by Crippen LogP contribution is -2.46. The summed E-state index contributed by atoms with van der Waals surface area (Å²) in [4.78, 5) is 16.1. The number of amides is 1. The van der Waals surface area contributed by atoms with Gasteiger partial charge in [0.1, 0.15) is 5.76 Å². The molecule has 3 N–H and O–H groups in total. The lowest BCUT2D eigenvalue weighted by Gasteiger charge is -2.29. The molecular formula is C18H31IN4O3. The molecule has 2 rings (SSSR count). The highest BCUT2D eigenvalue weighted by Crippen LogP contribution is 2.40. The van der Waals surface area contributed by atoms with Crippen LogP contribution in [0.25, 0.3) is 0 Å². The quantitative estimate of drug-likeness (QED) is 0.288. The fourth-order valence-corrected chi connectivity index (χ4v) is 3.28. The van der Waals surface area contributed by atoms with E-state index in [-0.39, 0.29) is 41.8 Å². The van der Waals surface area contributed by atoms with Crippen LogP contribution < -0.4 is 16.0 Å². The molecule has 1 saturated carbocycles. The Morgan fingerprint density at radius 1 is 1.31 bits per heavy atom. The number of hydrogen-bond donors (Lipinski definition) is 3. The highest BCUT2D eigenvalue weighted by atomic mass is 127. The van der Waals surface area contributed by atoms with Crippen LogP contribution in [0.15, 0.2) is 27.8 Å². The zero-order chi connectivity index (χ0) is 18.0. The molecule has 1 amide bonds. The molecule has 7 nitrogen and oxygen atoms in total. The van der Waals surface area contributed by atoms with Gasteiger partial charge in [0.2, 0.25) is 5.91 Å². The maximum atomic E-state index is 11.9. The third kappa shape index (κ3) is 7.53. The van der Waals surface area contributed by atoms with E-state index in [1.807, 2.05) is 6.07 Å². The van der Waals surface area contributed by atoms with Crippen LogP contribution in [-0.4, -0.2) is 45.7 Å². The van der Waals surface area contributed by atoms with E-state index < -0.39 is 0 Å². The molecule has 1 aromatic heterocycles. The summed E-state index contributed by atoms with van der Waals surface area (Å²) in [6.45, 7) is 2.19. The predicted octanol–water partition coefficient (Wildman–Crippen LogP) is 2.28. The van der Waals surface area contributed by atoms with Gasteiger partial charge in [0.25, 0.3) is 0 Å². The number of ether oxygens (including phenoxy) is 1. The Balaban J connectivity index is 0.00000338. The zero-order valence-corrected chi connectivity index (χ0v) is 18.0. The number of nitrogens with zero attached hydrogens (tertiary/aromatic N) is 1.